The smallest absolute Gasteiger partial charge is 0.263 e. The van der Waals surface area contributed by atoms with Crippen molar-refractivity contribution in [1.82, 2.24) is 14.8 Å². The Labute approximate surface area is 218 Å². The second-order valence-corrected chi connectivity index (χ2v) is 8.96. The molecule has 5 heteroatoms. The minimum Gasteiger partial charge on any atom is -0.345 e. The minimum absolute atomic E-state index is 0.152. The molecule has 0 saturated heterocycles. The molecule has 0 aliphatic rings. The van der Waals surface area contributed by atoms with Crippen LogP contribution in [0.25, 0.3) is 16.5 Å². The van der Waals surface area contributed by atoms with E-state index < -0.39 is 0 Å². The lowest BCUT2D eigenvalue weighted by Gasteiger charge is -2.26. The average Bonchev–Trinajstić information content (AvgIpc) is 2.93. The first-order chi connectivity index (χ1) is 18.1. The number of hydrogen-bond donors (Lipinski definition) is 1. The van der Waals surface area contributed by atoms with E-state index in [0.717, 1.165) is 17.7 Å². The van der Waals surface area contributed by atoms with Crippen LogP contribution in [0.1, 0.15) is 41.0 Å². The minimum atomic E-state index is -0.205. The Hall–Kier alpha value is -4.22. The van der Waals surface area contributed by atoms with E-state index in [4.69, 9.17) is 0 Å². The van der Waals surface area contributed by atoms with Crippen molar-refractivity contribution in [3.05, 3.63) is 137 Å². The Kier molecular flexibility index (Phi) is 8.49. The Morgan fingerprint density at radius 1 is 0.892 bits per heavy atom. The van der Waals surface area contributed by atoms with Gasteiger partial charge in [-0.1, -0.05) is 85.8 Å². The standard InChI is InChI=1S/C32H33N3O2/c1-4-21-34(22-5-2)23-29-30(31(36)33-28(6-3)24-15-9-7-10-16-24)26-19-13-14-20-27(26)32(37)35(29)25-17-11-8-12-18-25/h4-5,7-20,28H,1-2,6,21-23H2,3H3,(H,33,36)/t28-/m0/s1. The van der Waals surface area contributed by atoms with Gasteiger partial charge in [-0.25, -0.2) is 0 Å². The molecule has 0 fully saturated rings. The van der Waals surface area contributed by atoms with E-state index in [1.165, 1.54) is 0 Å². The summed E-state index contributed by atoms with van der Waals surface area (Å²) in [5, 5.41) is 4.41. The van der Waals surface area contributed by atoms with E-state index in [2.05, 4.69) is 30.3 Å². The molecular formula is C32H33N3O2. The maximum Gasteiger partial charge on any atom is 0.263 e. The number of pyridine rings is 1. The van der Waals surface area contributed by atoms with Gasteiger partial charge < -0.3 is 5.32 Å². The van der Waals surface area contributed by atoms with Gasteiger partial charge >= 0.3 is 0 Å². The van der Waals surface area contributed by atoms with Crippen LogP contribution in [0.3, 0.4) is 0 Å². The first-order valence-electron chi connectivity index (χ1n) is 12.6. The van der Waals surface area contributed by atoms with Crippen LogP contribution in [0.4, 0.5) is 0 Å². The van der Waals surface area contributed by atoms with Crippen LogP contribution in [0.5, 0.6) is 0 Å². The molecule has 0 bridgehead atoms. The van der Waals surface area contributed by atoms with Crippen molar-refractivity contribution >= 4 is 16.7 Å². The van der Waals surface area contributed by atoms with E-state index in [0.29, 0.717) is 41.7 Å². The summed E-state index contributed by atoms with van der Waals surface area (Å²) in [4.78, 5) is 30.1. The number of rotatable bonds is 11. The highest BCUT2D eigenvalue weighted by atomic mass is 16.2. The number of nitrogens with one attached hydrogen (secondary N) is 1. The third-order valence-corrected chi connectivity index (χ3v) is 6.49. The van der Waals surface area contributed by atoms with Crippen LogP contribution in [-0.4, -0.2) is 28.5 Å². The van der Waals surface area contributed by atoms with E-state index >= 15 is 0 Å². The molecule has 0 radical (unpaired) electrons. The number of carbonyl (C=O) groups is 1. The van der Waals surface area contributed by atoms with Crippen molar-refractivity contribution in [3.8, 4) is 5.69 Å². The lowest BCUT2D eigenvalue weighted by Crippen LogP contribution is -2.35. The van der Waals surface area contributed by atoms with Gasteiger partial charge in [-0.3, -0.25) is 19.1 Å². The molecule has 0 aliphatic heterocycles. The van der Waals surface area contributed by atoms with Gasteiger partial charge in [-0.2, -0.15) is 0 Å². The number of fused-ring (bicyclic) bond motifs is 1. The van der Waals surface area contributed by atoms with Crippen LogP contribution >= 0.6 is 0 Å². The largest absolute Gasteiger partial charge is 0.345 e. The molecule has 5 nitrogen and oxygen atoms in total. The predicted octanol–water partition coefficient (Wildman–Crippen LogP) is 6.05. The number of nitrogens with zero attached hydrogens (tertiary/aromatic N) is 2. The summed E-state index contributed by atoms with van der Waals surface area (Å²) >= 11 is 0. The molecular weight excluding hydrogens is 458 g/mol. The van der Waals surface area contributed by atoms with Crippen molar-refractivity contribution in [2.75, 3.05) is 13.1 Å². The van der Waals surface area contributed by atoms with Crippen LogP contribution in [0.2, 0.25) is 0 Å². The summed E-state index contributed by atoms with van der Waals surface area (Å²) in [6, 6.07) is 26.7. The van der Waals surface area contributed by atoms with E-state index in [1.807, 2.05) is 91.0 Å². The fourth-order valence-electron chi connectivity index (χ4n) is 4.77. The summed E-state index contributed by atoms with van der Waals surface area (Å²) in [5.74, 6) is -0.205. The zero-order valence-electron chi connectivity index (χ0n) is 21.3. The summed E-state index contributed by atoms with van der Waals surface area (Å²) in [6.07, 6.45) is 4.37. The van der Waals surface area contributed by atoms with Crippen molar-refractivity contribution in [2.24, 2.45) is 0 Å². The molecule has 1 atom stereocenters. The molecule has 4 aromatic rings. The molecule has 188 valence electrons. The van der Waals surface area contributed by atoms with Crippen LogP contribution < -0.4 is 10.9 Å². The van der Waals surface area contributed by atoms with Gasteiger partial charge in [0.1, 0.15) is 0 Å². The van der Waals surface area contributed by atoms with Gasteiger partial charge in [-0.15, -0.1) is 13.2 Å². The fraction of sp³-hybridized carbons (Fsp3) is 0.188. The molecule has 1 heterocycles. The molecule has 0 saturated carbocycles. The highest BCUT2D eigenvalue weighted by Gasteiger charge is 2.25. The van der Waals surface area contributed by atoms with Gasteiger partial charge in [-0.05, 0) is 30.2 Å². The normalized spacial score (nSPS) is 11.8. The van der Waals surface area contributed by atoms with Crippen LogP contribution in [-0.2, 0) is 6.54 Å². The molecule has 37 heavy (non-hydrogen) atoms. The molecule has 1 N–H and O–H groups in total. The molecule has 4 rings (SSSR count). The van der Waals surface area contributed by atoms with Gasteiger partial charge in [0.15, 0.2) is 0 Å². The number of carbonyl (C=O) groups excluding carboxylic acids is 1. The number of aromatic nitrogens is 1. The fourth-order valence-corrected chi connectivity index (χ4v) is 4.77. The van der Waals surface area contributed by atoms with E-state index in [-0.39, 0.29) is 17.5 Å². The maximum atomic E-state index is 14.1. The first-order valence-corrected chi connectivity index (χ1v) is 12.6. The monoisotopic (exact) mass is 491 g/mol. The van der Waals surface area contributed by atoms with Crippen LogP contribution in [0.15, 0.2) is 115 Å². The van der Waals surface area contributed by atoms with Crippen molar-refractivity contribution in [3.63, 3.8) is 0 Å². The third kappa shape index (κ3) is 5.63. The van der Waals surface area contributed by atoms with Gasteiger partial charge in [0.05, 0.1) is 17.3 Å². The van der Waals surface area contributed by atoms with Crippen molar-refractivity contribution < 1.29 is 4.79 Å². The zero-order valence-corrected chi connectivity index (χ0v) is 21.3. The summed E-state index contributed by atoms with van der Waals surface area (Å²) in [6.45, 7) is 11.4. The lowest BCUT2D eigenvalue weighted by atomic mass is 9.99. The molecule has 0 unspecified atom stereocenters. The Balaban J connectivity index is 1.96. The second kappa shape index (κ2) is 12.2. The molecule has 1 aromatic heterocycles. The number of hydrogen-bond acceptors (Lipinski definition) is 3. The SMILES string of the molecule is C=CCN(CC=C)Cc1c(C(=O)N[C@@H](CC)c2ccccc2)c2ccccc2c(=O)n1-c1ccccc1. The van der Waals surface area contributed by atoms with Crippen LogP contribution in [0, 0.1) is 0 Å². The van der Waals surface area contributed by atoms with Gasteiger partial charge in [0.25, 0.3) is 11.5 Å². The topological polar surface area (TPSA) is 54.3 Å². The van der Waals surface area contributed by atoms with Crippen molar-refractivity contribution in [2.45, 2.75) is 25.9 Å². The predicted molar refractivity (Wildman–Crippen MR) is 152 cm³/mol. The van der Waals surface area contributed by atoms with Gasteiger partial charge in [0.2, 0.25) is 0 Å². The highest BCUT2D eigenvalue weighted by molar-refractivity contribution is 6.08. The average molecular weight is 492 g/mol. The number of amides is 1. The molecule has 3 aromatic carbocycles. The highest BCUT2D eigenvalue weighted by Crippen LogP contribution is 2.26. The molecule has 0 spiro atoms. The summed E-state index contributed by atoms with van der Waals surface area (Å²) in [5.41, 5.74) is 2.75. The quantitative estimate of drug-likeness (QED) is 0.260. The molecule has 0 aliphatic carbocycles. The maximum absolute atomic E-state index is 14.1. The van der Waals surface area contributed by atoms with Gasteiger partial charge in [0, 0.05) is 36.1 Å². The number of benzene rings is 3. The Bertz CT molecular complexity index is 1430. The Morgan fingerprint density at radius 3 is 2.05 bits per heavy atom. The summed E-state index contributed by atoms with van der Waals surface area (Å²) in [7, 11) is 0. The van der Waals surface area contributed by atoms with E-state index in [9.17, 15) is 9.59 Å². The zero-order chi connectivity index (χ0) is 26.2. The molecule has 1 amide bonds. The third-order valence-electron chi connectivity index (χ3n) is 6.49. The lowest BCUT2D eigenvalue weighted by molar-refractivity contribution is 0.0934. The van der Waals surface area contributed by atoms with E-state index in [1.54, 1.807) is 10.6 Å². The Morgan fingerprint density at radius 2 is 1.46 bits per heavy atom. The number of para-hydroxylation sites is 1. The first kappa shape index (κ1) is 25.9. The van der Waals surface area contributed by atoms with Crippen molar-refractivity contribution in [1.29, 1.82) is 0 Å². The summed E-state index contributed by atoms with van der Waals surface area (Å²) < 4.78 is 1.68. The second-order valence-electron chi connectivity index (χ2n) is 8.96.